The van der Waals surface area contributed by atoms with Gasteiger partial charge in [0.15, 0.2) is 0 Å². The fourth-order valence-electron chi connectivity index (χ4n) is 2.79. The van der Waals surface area contributed by atoms with E-state index in [2.05, 4.69) is 21.1 Å². The Balaban J connectivity index is 1.86. The summed E-state index contributed by atoms with van der Waals surface area (Å²) in [5.74, 6) is 0.651. The van der Waals surface area contributed by atoms with E-state index in [4.69, 9.17) is 0 Å². The van der Waals surface area contributed by atoms with E-state index in [0.29, 0.717) is 28.7 Å². The standard InChI is InChI=1S/C16H18N6OS/c1-10-13(7-17)15(20-11(2)19-10)24-14-5-4-6-22(16(14)23)12-8-18-21(3)9-12/h8-9,14H,4-6H2,1-3H3. The van der Waals surface area contributed by atoms with Gasteiger partial charge in [-0.2, -0.15) is 10.4 Å². The van der Waals surface area contributed by atoms with Crippen molar-refractivity contribution >= 4 is 23.4 Å². The quantitative estimate of drug-likeness (QED) is 0.793. The number of carbonyl (C=O) groups excluding carboxylic acids is 1. The zero-order valence-corrected chi connectivity index (χ0v) is 14.7. The summed E-state index contributed by atoms with van der Waals surface area (Å²) >= 11 is 1.37. The number of aromatic nitrogens is 4. The number of rotatable bonds is 3. The van der Waals surface area contributed by atoms with Crippen LogP contribution in [0.25, 0.3) is 0 Å². The van der Waals surface area contributed by atoms with E-state index in [-0.39, 0.29) is 11.2 Å². The monoisotopic (exact) mass is 342 g/mol. The SMILES string of the molecule is Cc1nc(C)c(C#N)c(SC2CCCN(c3cnn(C)c3)C2=O)n1. The van der Waals surface area contributed by atoms with Crippen molar-refractivity contribution in [3.63, 3.8) is 0 Å². The van der Waals surface area contributed by atoms with Crippen LogP contribution in [0.3, 0.4) is 0 Å². The van der Waals surface area contributed by atoms with Gasteiger partial charge in [0, 0.05) is 19.8 Å². The second-order valence-electron chi connectivity index (χ2n) is 5.76. The predicted octanol–water partition coefficient (Wildman–Crippen LogP) is 1.99. The maximum Gasteiger partial charge on any atom is 0.240 e. The van der Waals surface area contributed by atoms with Crippen molar-refractivity contribution in [1.29, 1.82) is 5.26 Å². The zero-order chi connectivity index (χ0) is 17.3. The summed E-state index contributed by atoms with van der Waals surface area (Å²) < 4.78 is 1.68. The van der Waals surface area contributed by atoms with E-state index in [1.165, 1.54) is 11.8 Å². The molecule has 7 nitrogen and oxygen atoms in total. The normalized spacial score (nSPS) is 17.8. The van der Waals surface area contributed by atoms with Crippen LogP contribution in [0.2, 0.25) is 0 Å². The van der Waals surface area contributed by atoms with Crippen LogP contribution in [-0.2, 0) is 11.8 Å². The van der Waals surface area contributed by atoms with Crippen molar-refractivity contribution in [3.8, 4) is 6.07 Å². The largest absolute Gasteiger partial charge is 0.309 e. The maximum atomic E-state index is 12.9. The molecule has 0 N–H and O–H groups in total. The molecule has 0 aliphatic carbocycles. The van der Waals surface area contributed by atoms with E-state index in [9.17, 15) is 10.1 Å². The number of nitrogens with zero attached hydrogens (tertiary/aromatic N) is 6. The van der Waals surface area contributed by atoms with Gasteiger partial charge in [-0.15, -0.1) is 0 Å². The molecule has 124 valence electrons. The first-order valence-corrected chi connectivity index (χ1v) is 8.59. The Morgan fingerprint density at radius 1 is 1.38 bits per heavy atom. The summed E-state index contributed by atoms with van der Waals surface area (Å²) in [4.78, 5) is 23.2. The molecule has 0 bridgehead atoms. The molecule has 3 rings (SSSR count). The fourth-order valence-corrected chi connectivity index (χ4v) is 4.06. The van der Waals surface area contributed by atoms with Gasteiger partial charge in [0.25, 0.3) is 0 Å². The molecule has 1 fully saturated rings. The average Bonchev–Trinajstić information content (AvgIpc) is 2.95. The van der Waals surface area contributed by atoms with Crippen molar-refractivity contribution in [2.24, 2.45) is 7.05 Å². The summed E-state index contributed by atoms with van der Waals surface area (Å²) in [6.45, 7) is 4.28. The van der Waals surface area contributed by atoms with E-state index in [1.807, 2.05) is 13.2 Å². The minimum Gasteiger partial charge on any atom is -0.309 e. The van der Waals surface area contributed by atoms with Gasteiger partial charge in [-0.1, -0.05) is 11.8 Å². The topological polar surface area (TPSA) is 87.7 Å². The molecular weight excluding hydrogens is 324 g/mol. The van der Waals surface area contributed by atoms with Crippen LogP contribution in [0.1, 0.15) is 29.9 Å². The molecule has 1 aliphatic heterocycles. The minimum absolute atomic E-state index is 0.0389. The molecule has 1 unspecified atom stereocenters. The predicted molar refractivity (Wildman–Crippen MR) is 90.7 cm³/mol. The minimum atomic E-state index is -0.250. The van der Waals surface area contributed by atoms with E-state index >= 15 is 0 Å². The molecule has 3 heterocycles. The third-order valence-corrected chi connectivity index (χ3v) is 5.17. The van der Waals surface area contributed by atoms with E-state index in [1.54, 1.807) is 29.6 Å². The Hall–Kier alpha value is -2.40. The molecule has 0 aromatic carbocycles. The molecule has 0 saturated carbocycles. The van der Waals surface area contributed by atoms with E-state index < -0.39 is 0 Å². The summed E-state index contributed by atoms with van der Waals surface area (Å²) in [5, 5.41) is 13.8. The van der Waals surface area contributed by atoms with Gasteiger partial charge >= 0.3 is 0 Å². The Bertz CT molecular complexity index is 824. The number of hydrogen-bond acceptors (Lipinski definition) is 6. The fraction of sp³-hybridized carbons (Fsp3) is 0.438. The van der Waals surface area contributed by atoms with Gasteiger partial charge in [0.05, 0.1) is 22.8 Å². The van der Waals surface area contributed by atoms with Gasteiger partial charge in [-0.3, -0.25) is 9.48 Å². The highest BCUT2D eigenvalue weighted by Gasteiger charge is 2.32. The smallest absolute Gasteiger partial charge is 0.240 e. The lowest BCUT2D eigenvalue weighted by molar-refractivity contribution is -0.119. The van der Waals surface area contributed by atoms with Crippen LogP contribution in [0, 0.1) is 25.2 Å². The van der Waals surface area contributed by atoms with Crippen LogP contribution in [0.15, 0.2) is 17.4 Å². The Morgan fingerprint density at radius 3 is 2.83 bits per heavy atom. The second-order valence-corrected chi connectivity index (χ2v) is 6.95. The number of carbonyl (C=O) groups is 1. The molecule has 2 aromatic rings. The van der Waals surface area contributed by atoms with Crippen molar-refractivity contribution < 1.29 is 4.79 Å². The summed E-state index contributed by atoms with van der Waals surface area (Å²) in [6.07, 6.45) is 5.21. The maximum absolute atomic E-state index is 12.9. The Labute approximate surface area is 144 Å². The summed E-state index contributed by atoms with van der Waals surface area (Å²) in [5.41, 5.74) is 1.92. The molecule has 8 heteroatoms. The van der Waals surface area contributed by atoms with Crippen LogP contribution in [0.5, 0.6) is 0 Å². The van der Waals surface area contributed by atoms with Crippen LogP contribution >= 0.6 is 11.8 Å². The lowest BCUT2D eigenvalue weighted by Gasteiger charge is -2.30. The molecule has 0 radical (unpaired) electrons. The van der Waals surface area contributed by atoms with Crippen molar-refractivity contribution in [2.75, 3.05) is 11.4 Å². The number of thioether (sulfide) groups is 1. The van der Waals surface area contributed by atoms with Gasteiger partial charge in [-0.25, -0.2) is 9.97 Å². The molecule has 1 atom stereocenters. The first-order valence-electron chi connectivity index (χ1n) is 7.71. The molecule has 1 amide bonds. The van der Waals surface area contributed by atoms with Crippen LogP contribution in [0.4, 0.5) is 5.69 Å². The third kappa shape index (κ3) is 3.12. The lowest BCUT2D eigenvalue weighted by Crippen LogP contribution is -2.42. The average molecular weight is 342 g/mol. The highest BCUT2D eigenvalue weighted by Crippen LogP contribution is 2.33. The van der Waals surface area contributed by atoms with E-state index in [0.717, 1.165) is 18.5 Å². The van der Waals surface area contributed by atoms with Crippen molar-refractivity contribution in [3.05, 3.63) is 29.5 Å². The number of amides is 1. The molecule has 1 saturated heterocycles. The Morgan fingerprint density at radius 2 is 2.17 bits per heavy atom. The zero-order valence-electron chi connectivity index (χ0n) is 13.9. The number of piperidine rings is 1. The number of hydrogen-bond donors (Lipinski definition) is 0. The lowest BCUT2D eigenvalue weighted by atomic mass is 10.1. The first-order chi connectivity index (χ1) is 11.5. The second kappa shape index (κ2) is 6.61. The highest BCUT2D eigenvalue weighted by molar-refractivity contribution is 8.00. The molecular formula is C16H18N6OS. The molecule has 0 spiro atoms. The number of nitriles is 1. The molecule has 24 heavy (non-hydrogen) atoms. The highest BCUT2D eigenvalue weighted by atomic mass is 32.2. The first kappa shape index (κ1) is 16.5. The molecule has 2 aromatic heterocycles. The Kier molecular flexibility index (Phi) is 4.53. The van der Waals surface area contributed by atoms with Gasteiger partial charge in [-0.05, 0) is 26.7 Å². The number of anilines is 1. The van der Waals surface area contributed by atoms with Gasteiger partial charge in [0.1, 0.15) is 22.5 Å². The van der Waals surface area contributed by atoms with Crippen LogP contribution < -0.4 is 4.90 Å². The third-order valence-electron chi connectivity index (χ3n) is 3.93. The van der Waals surface area contributed by atoms with Crippen molar-refractivity contribution in [2.45, 2.75) is 37.0 Å². The summed E-state index contributed by atoms with van der Waals surface area (Å²) in [6, 6.07) is 2.16. The van der Waals surface area contributed by atoms with Crippen molar-refractivity contribution in [1.82, 2.24) is 19.7 Å². The van der Waals surface area contributed by atoms with Crippen LogP contribution in [-0.4, -0.2) is 37.5 Å². The molecule has 1 aliphatic rings. The summed E-state index contributed by atoms with van der Waals surface area (Å²) in [7, 11) is 1.83. The number of aryl methyl sites for hydroxylation is 3. The van der Waals surface area contributed by atoms with Gasteiger partial charge < -0.3 is 4.90 Å². The van der Waals surface area contributed by atoms with Gasteiger partial charge in [0.2, 0.25) is 5.91 Å².